The van der Waals surface area contributed by atoms with Crippen LogP contribution in [-0.4, -0.2) is 57.1 Å². The van der Waals surface area contributed by atoms with E-state index in [0.29, 0.717) is 0 Å². The van der Waals surface area contributed by atoms with E-state index in [0.717, 1.165) is 29.9 Å². The second kappa shape index (κ2) is 7.28. The first-order valence-corrected chi connectivity index (χ1v) is 7.59. The summed E-state index contributed by atoms with van der Waals surface area (Å²) < 4.78 is 23.4. The van der Waals surface area contributed by atoms with E-state index >= 15 is 0 Å². The molecule has 0 aromatic heterocycles. The molecule has 0 saturated carbocycles. The van der Waals surface area contributed by atoms with Gasteiger partial charge in [-0.3, -0.25) is 4.79 Å². The van der Waals surface area contributed by atoms with Gasteiger partial charge in [-0.05, 0) is 26.3 Å². The molecule has 2 atom stereocenters. The highest BCUT2D eigenvalue weighted by molar-refractivity contribution is 7.88. The van der Waals surface area contributed by atoms with Crippen LogP contribution < -0.4 is 10.6 Å². The van der Waals surface area contributed by atoms with Crippen molar-refractivity contribution in [3.05, 3.63) is 0 Å². The van der Waals surface area contributed by atoms with E-state index in [9.17, 15) is 13.2 Å². The quantitative estimate of drug-likeness (QED) is 0.737. The van der Waals surface area contributed by atoms with Crippen LogP contribution in [0.15, 0.2) is 0 Å². The minimum Gasteiger partial charge on any atom is -0.351 e. The van der Waals surface area contributed by atoms with Crippen LogP contribution in [0.2, 0.25) is 0 Å². The molecule has 2 N–H and O–H groups in total. The Balaban J connectivity index is 0.00000289. The van der Waals surface area contributed by atoms with Crippen LogP contribution in [0.4, 0.5) is 0 Å². The number of likely N-dealkylation sites (N-methyl/N-ethyl adjacent to an activating group) is 1. The number of amides is 1. The van der Waals surface area contributed by atoms with Gasteiger partial charge in [0, 0.05) is 19.1 Å². The summed E-state index contributed by atoms with van der Waals surface area (Å²) in [6.07, 6.45) is 3.05. The summed E-state index contributed by atoms with van der Waals surface area (Å²) >= 11 is 0. The summed E-state index contributed by atoms with van der Waals surface area (Å²) in [5.41, 5.74) is 0. The second-order valence-corrected chi connectivity index (χ2v) is 6.67. The lowest BCUT2D eigenvalue weighted by atomic mass is 10.00. The molecule has 1 saturated heterocycles. The van der Waals surface area contributed by atoms with E-state index in [2.05, 4.69) is 10.6 Å². The third kappa shape index (κ3) is 5.51. The maximum absolute atomic E-state index is 11.7. The average Bonchev–Trinajstić information content (AvgIpc) is 2.20. The number of piperidine rings is 1. The largest absolute Gasteiger partial charge is 0.351 e. The average molecular weight is 300 g/mol. The van der Waals surface area contributed by atoms with Gasteiger partial charge in [0.25, 0.3) is 0 Å². The van der Waals surface area contributed by atoms with Gasteiger partial charge in [0.1, 0.15) is 0 Å². The van der Waals surface area contributed by atoms with Crippen LogP contribution in [-0.2, 0) is 14.8 Å². The molecule has 108 valence electrons. The Labute approximate surface area is 115 Å². The van der Waals surface area contributed by atoms with Crippen LogP contribution in [0.5, 0.6) is 0 Å². The standard InChI is InChI=1S/C10H21N3O3S.ClH/c1-8-9(5-4-6-11-8)12-10(14)7-13(2)17(3,15)16;/h8-9,11H,4-7H2,1-3H3,(H,12,14);1H. The molecule has 0 radical (unpaired) electrons. The maximum atomic E-state index is 11.7. The first-order chi connectivity index (χ1) is 7.80. The molecule has 0 aromatic carbocycles. The Morgan fingerprint density at radius 2 is 2.11 bits per heavy atom. The van der Waals surface area contributed by atoms with Gasteiger partial charge >= 0.3 is 0 Å². The molecule has 1 amide bonds. The summed E-state index contributed by atoms with van der Waals surface area (Å²) in [5.74, 6) is -0.251. The molecular weight excluding hydrogens is 278 g/mol. The third-order valence-corrected chi connectivity index (χ3v) is 4.30. The number of nitrogens with zero attached hydrogens (tertiary/aromatic N) is 1. The molecule has 0 aromatic rings. The van der Waals surface area contributed by atoms with Gasteiger partial charge in [0.15, 0.2) is 0 Å². The molecule has 1 rings (SSSR count). The van der Waals surface area contributed by atoms with Crippen molar-refractivity contribution in [1.82, 2.24) is 14.9 Å². The van der Waals surface area contributed by atoms with Crippen molar-refractivity contribution >= 4 is 28.3 Å². The zero-order valence-corrected chi connectivity index (χ0v) is 12.6. The van der Waals surface area contributed by atoms with E-state index in [-0.39, 0.29) is 36.9 Å². The Hall–Kier alpha value is -0.370. The molecule has 8 heteroatoms. The number of halogens is 1. The van der Waals surface area contributed by atoms with Gasteiger partial charge in [-0.2, -0.15) is 4.31 Å². The van der Waals surface area contributed by atoms with Crippen LogP contribution in [0.25, 0.3) is 0 Å². The van der Waals surface area contributed by atoms with Crippen molar-refractivity contribution in [3.8, 4) is 0 Å². The molecule has 1 heterocycles. The van der Waals surface area contributed by atoms with E-state index in [1.807, 2.05) is 6.92 Å². The molecule has 1 aliphatic rings. The highest BCUT2D eigenvalue weighted by Gasteiger charge is 2.23. The lowest BCUT2D eigenvalue weighted by Crippen LogP contribution is -2.53. The third-order valence-electron chi connectivity index (χ3n) is 3.04. The van der Waals surface area contributed by atoms with Gasteiger partial charge in [0.2, 0.25) is 15.9 Å². The minimum absolute atomic E-state index is 0. The monoisotopic (exact) mass is 299 g/mol. The highest BCUT2D eigenvalue weighted by Crippen LogP contribution is 2.08. The molecule has 1 fully saturated rings. The van der Waals surface area contributed by atoms with Crippen molar-refractivity contribution in [2.24, 2.45) is 0 Å². The molecule has 0 aliphatic carbocycles. The molecule has 1 aliphatic heterocycles. The normalized spacial score (nSPS) is 24.4. The number of rotatable bonds is 4. The fourth-order valence-corrected chi connectivity index (χ4v) is 2.16. The SMILES string of the molecule is CC1NCCCC1NC(=O)CN(C)S(C)(=O)=O.Cl. The van der Waals surface area contributed by atoms with E-state index < -0.39 is 10.0 Å². The summed E-state index contributed by atoms with van der Waals surface area (Å²) in [7, 11) is -1.90. The van der Waals surface area contributed by atoms with Gasteiger partial charge in [-0.25, -0.2) is 8.42 Å². The van der Waals surface area contributed by atoms with Gasteiger partial charge in [-0.15, -0.1) is 12.4 Å². The summed E-state index contributed by atoms with van der Waals surface area (Å²) in [6, 6.07) is 0.320. The van der Waals surface area contributed by atoms with Gasteiger partial charge in [-0.1, -0.05) is 0 Å². The number of hydrogen-bond acceptors (Lipinski definition) is 4. The summed E-state index contributed by atoms with van der Waals surface area (Å²) in [5, 5.41) is 6.14. The van der Waals surface area contributed by atoms with Crippen LogP contribution in [0.1, 0.15) is 19.8 Å². The van der Waals surface area contributed by atoms with Crippen molar-refractivity contribution in [2.45, 2.75) is 31.8 Å². The molecule has 2 unspecified atom stereocenters. The zero-order valence-electron chi connectivity index (χ0n) is 11.0. The number of carbonyl (C=O) groups is 1. The van der Waals surface area contributed by atoms with Crippen molar-refractivity contribution in [2.75, 3.05) is 26.4 Å². The van der Waals surface area contributed by atoms with Crippen molar-refractivity contribution in [3.63, 3.8) is 0 Å². The predicted octanol–water partition coefficient (Wildman–Crippen LogP) is -0.444. The number of nitrogens with one attached hydrogen (secondary N) is 2. The van der Waals surface area contributed by atoms with Crippen LogP contribution >= 0.6 is 12.4 Å². The fraction of sp³-hybridized carbons (Fsp3) is 0.900. The first kappa shape index (κ1) is 17.6. The Bertz CT molecular complexity index is 375. The second-order valence-electron chi connectivity index (χ2n) is 4.58. The Kier molecular flexibility index (Phi) is 7.13. The molecule has 0 bridgehead atoms. The van der Waals surface area contributed by atoms with Crippen LogP contribution in [0.3, 0.4) is 0 Å². The first-order valence-electron chi connectivity index (χ1n) is 5.75. The topological polar surface area (TPSA) is 78.5 Å². The molecular formula is C10H22ClN3O3S. The number of hydrogen-bond donors (Lipinski definition) is 2. The van der Waals surface area contributed by atoms with E-state index in [4.69, 9.17) is 0 Å². The summed E-state index contributed by atoms with van der Waals surface area (Å²) in [6.45, 7) is 2.86. The molecule has 18 heavy (non-hydrogen) atoms. The van der Waals surface area contributed by atoms with Gasteiger partial charge in [0.05, 0.1) is 12.8 Å². The summed E-state index contributed by atoms with van der Waals surface area (Å²) in [4.78, 5) is 11.7. The zero-order chi connectivity index (χ0) is 13.1. The van der Waals surface area contributed by atoms with Crippen molar-refractivity contribution < 1.29 is 13.2 Å². The fourth-order valence-electron chi connectivity index (χ4n) is 1.81. The highest BCUT2D eigenvalue weighted by atomic mass is 35.5. The lowest BCUT2D eigenvalue weighted by Gasteiger charge is -2.31. The molecule has 0 spiro atoms. The number of sulfonamides is 1. The Morgan fingerprint density at radius 3 is 2.61 bits per heavy atom. The Morgan fingerprint density at radius 1 is 1.50 bits per heavy atom. The van der Waals surface area contributed by atoms with Crippen molar-refractivity contribution in [1.29, 1.82) is 0 Å². The molecule has 6 nitrogen and oxygen atoms in total. The minimum atomic E-state index is -3.30. The van der Waals surface area contributed by atoms with E-state index in [1.54, 1.807) is 0 Å². The number of carbonyl (C=O) groups excluding carboxylic acids is 1. The van der Waals surface area contributed by atoms with Gasteiger partial charge < -0.3 is 10.6 Å². The smallest absolute Gasteiger partial charge is 0.235 e. The maximum Gasteiger partial charge on any atom is 0.235 e. The van der Waals surface area contributed by atoms with E-state index in [1.165, 1.54) is 7.05 Å². The predicted molar refractivity (Wildman–Crippen MR) is 73.4 cm³/mol. The van der Waals surface area contributed by atoms with Crippen LogP contribution in [0, 0.1) is 0 Å². The lowest BCUT2D eigenvalue weighted by molar-refractivity contribution is -0.122.